The van der Waals surface area contributed by atoms with Crippen LogP contribution in [0.5, 0.6) is 0 Å². The Kier molecular flexibility index (Phi) is 7.97. The van der Waals surface area contributed by atoms with Crippen LogP contribution in [0.1, 0.15) is 13.3 Å². The summed E-state index contributed by atoms with van der Waals surface area (Å²) in [6.45, 7) is 5.11. The molecule has 0 radical (unpaired) electrons. The normalized spacial score (nSPS) is 19.4. The third-order valence-electron chi connectivity index (χ3n) is 7.28. The van der Waals surface area contributed by atoms with E-state index in [1.807, 2.05) is 11.0 Å². The minimum absolute atomic E-state index is 0.221. The van der Waals surface area contributed by atoms with Gasteiger partial charge in [-0.25, -0.2) is 22.9 Å². The molecule has 1 aromatic carbocycles. The van der Waals surface area contributed by atoms with Crippen LogP contribution >= 0.6 is 0 Å². The highest BCUT2D eigenvalue weighted by atomic mass is 19.1. The number of morpholine rings is 1. The van der Waals surface area contributed by atoms with Crippen molar-refractivity contribution < 1.29 is 27.8 Å². The maximum absolute atomic E-state index is 15.3. The van der Waals surface area contributed by atoms with E-state index in [0.717, 1.165) is 11.8 Å². The first-order valence-electron chi connectivity index (χ1n) is 13.1. The molecule has 3 aromatic rings. The maximum Gasteiger partial charge on any atom is 0.404 e. The maximum atomic E-state index is 15.3. The van der Waals surface area contributed by atoms with Crippen molar-refractivity contribution in [2.45, 2.75) is 19.4 Å². The third-order valence-corrected chi connectivity index (χ3v) is 7.28. The van der Waals surface area contributed by atoms with E-state index < -0.39 is 34.8 Å². The van der Waals surface area contributed by atoms with Crippen molar-refractivity contribution in [1.82, 2.24) is 15.3 Å². The van der Waals surface area contributed by atoms with Gasteiger partial charge in [0.25, 0.3) is 0 Å². The Hall–Kier alpha value is -4.06. The summed E-state index contributed by atoms with van der Waals surface area (Å²) in [4.78, 5) is 25.4. The van der Waals surface area contributed by atoms with Crippen LogP contribution in [0.2, 0.25) is 0 Å². The van der Waals surface area contributed by atoms with Crippen LogP contribution in [0, 0.1) is 23.4 Å². The summed E-state index contributed by atoms with van der Waals surface area (Å²) in [6, 6.07) is 6.51. The first-order chi connectivity index (χ1) is 19.2. The Bertz CT molecular complexity index is 1360. The monoisotopic (exact) mass is 556 g/mol. The van der Waals surface area contributed by atoms with Gasteiger partial charge in [0.1, 0.15) is 29.0 Å². The lowest BCUT2D eigenvalue weighted by Gasteiger charge is -2.39. The number of carboxylic acid groups (broad SMARTS) is 1. The minimum Gasteiger partial charge on any atom is -0.465 e. The number of benzene rings is 1. The van der Waals surface area contributed by atoms with Gasteiger partial charge in [0.15, 0.2) is 0 Å². The second-order valence-corrected chi connectivity index (χ2v) is 10.2. The molecule has 9 nitrogen and oxygen atoms in total. The number of aromatic nitrogens is 2. The quantitative estimate of drug-likeness (QED) is 0.454. The molecule has 0 bridgehead atoms. The van der Waals surface area contributed by atoms with E-state index in [-0.39, 0.29) is 17.8 Å². The summed E-state index contributed by atoms with van der Waals surface area (Å²) in [5.41, 5.74) is 0.793. The molecule has 2 atom stereocenters. The van der Waals surface area contributed by atoms with Crippen molar-refractivity contribution in [2.24, 2.45) is 5.92 Å². The van der Waals surface area contributed by atoms with Crippen LogP contribution in [0.4, 0.5) is 40.8 Å². The van der Waals surface area contributed by atoms with Gasteiger partial charge in [-0.15, -0.1) is 0 Å². The number of pyridine rings is 2. The van der Waals surface area contributed by atoms with Gasteiger partial charge in [-0.3, -0.25) is 4.98 Å². The molecule has 2 aromatic heterocycles. The number of anilines is 4. The Morgan fingerprint density at radius 3 is 2.50 bits per heavy atom. The summed E-state index contributed by atoms with van der Waals surface area (Å²) in [5.74, 6) is -2.19. The number of hydrogen-bond donors (Lipinski definition) is 2. The molecule has 0 saturated carbocycles. The SMILES string of the molecule is C[C@@H]1C[C@H](NC(=O)O)CN(c2ccncc2N(C)c2ccc(F)c(-c3c(F)cc(N4CCOCC4)cc3F)n2)C1. The Balaban J connectivity index is 1.46. The van der Waals surface area contributed by atoms with E-state index in [2.05, 4.69) is 27.1 Å². The topological polar surface area (TPSA) is 94.1 Å². The number of ether oxygens (including phenoxy) is 1. The van der Waals surface area contributed by atoms with Gasteiger partial charge in [-0.1, -0.05) is 6.92 Å². The number of piperidine rings is 1. The van der Waals surface area contributed by atoms with Gasteiger partial charge < -0.3 is 29.9 Å². The van der Waals surface area contributed by atoms with Crippen molar-refractivity contribution in [2.75, 3.05) is 61.1 Å². The zero-order chi connectivity index (χ0) is 28.4. The number of halogens is 3. The first-order valence-corrected chi connectivity index (χ1v) is 13.1. The summed E-state index contributed by atoms with van der Waals surface area (Å²) in [5, 5.41) is 11.8. The van der Waals surface area contributed by atoms with Crippen molar-refractivity contribution in [3.05, 3.63) is 60.2 Å². The third kappa shape index (κ3) is 5.76. The van der Waals surface area contributed by atoms with Crippen molar-refractivity contribution in [3.63, 3.8) is 0 Å². The molecule has 2 aliphatic heterocycles. The van der Waals surface area contributed by atoms with E-state index in [9.17, 15) is 14.3 Å². The minimum atomic E-state index is -1.08. The molecular weight excluding hydrogens is 525 g/mol. The molecule has 5 rings (SSSR count). The van der Waals surface area contributed by atoms with Gasteiger partial charge in [0, 0.05) is 51.2 Å². The molecule has 0 unspecified atom stereocenters. The molecule has 0 aliphatic carbocycles. The average Bonchev–Trinajstić information content (AvgIpc) is 2.93. The van der Waals surface area contributed by atoms with Gasteiger partial charge in [0.05, 0.1) is 36.3 Å². The largest absolute Gasteiger partial charge is 0.465 e. The Labute approximate surface area is 230 Å². The molecule has 212 valence electrons. The number of carbonyl (C=O) groups is 1. The van der Waals surface area contributed by atoms with E-state index in [1.165, 1.54) is 18.2 Å². The number of hydrogen-bond acceptors (Lipinski definition) is 7. The molecule has 0 spiro atoms. The van der Waals surface area contributed by atoms with Crippen LogP contribution in [0.3, 0.4) is 0 Å². The highest BCUT2D eigenvalue weighted by Gasteiger charge is 2.29. The lowest BCUT2D eigenvalue weighted by molar-refractivity contribution is 0.122. The molecule has 2 aliphatic rings. The second kappa shape index (κ2) is 11.6. The van der Waals surface area contributed by atoms with Crippen LogP contribution in [-0.2, 0) is 4.74 Å². The molecular formula is C28H31F3N6O3. The summed E-state index contributed by atoms with van der Waals surface area (Å²) in [7, 11) is 1.71. The van der Waals surface area contributed by atoms with Crippen LogP contribution in [0.25, 0.3) is 11.3 Å². The second-order valence-electron chi connectivity index (χ2n) is 10.2. The molecule has 2 saturated heterocycles. The van der Waals surface area contributed by atoms with Gasteiger partial charge in [-0.2, -0.15) is 0 Å². The lowest BCUT2D eigenvalue weighted by atomic mass is 9.95. The van der Waals surface area contributed by atoms with E-state index in [0.29, 0.717) is 57.2 Å². The average molecular weight is 557 g/mol. The highest BCUT2D eigenvalue weighted by Crippen LogP contribution is 2.37. The van der Waals surface area contributed by atoms with Crippen molar-refractivity contribution in [1.29, 1.82) is 0 Å². The van der Waals surface area contributed by atoms with Crippen molar-refractivity contribution in [3.8, 4) is 11.3 Å². The summed E-state index contributed by atoms with van der Waals surface area (Å²) >= 11 is 0. The first kappa shape index (κ1) is 27.5. The molecule has 2 fully saturated rings. The number of rotatable bonds is 6. The Morgan fingerprint density at radius 1 is 1.07 bits per heavy atom. The molecule has 2 N–H and O–H groups in total. The van der Waals surface area contributed by atoms with Crippen LogP contribution in [0.15, 0.2) is 42.7 Å². The predicted molar refractivity (Wildman–Crippen MR) is 146 cm³/mol. The smallest absolute Gasteiger partial charge is 0.404 e. The van der Waals surface area contributed by atoms with E-state index in [4.69, 9.17) is 4.74 Å². The Morgan fingerprint density at radius 2 is 1.80 bits per heavy atom. The highest BCUT2D eigenvalue weighted by molar-refractivity contribution is 5.76. The van der Waals surface area contributed by atoms with E-state index in [1.54, 1.807) is 24.3 Å². The molecule has 4 heterocycles. The molecule has 1 amide bonds. The summed E-state index contributed by atoms with van der Waals surface area (Å²) in [6.07, 6.45) is 2.89. The van der Waals surface area contributed by atoms with Crippen LogP contribution in [-0.4, -0.2) is 73.7 Å². The standard InChI is InChI=1S/C28H31F3N6O3/c1-17-11-18(33-28(38)39)16-37(15-17)23-5-6-32-14-24(23)35(2)25-4-3-20(29)27(34-25)26-21(30)12-19(13-22(26)31)36-7-9-40-10-8-36/h3-6,12-14,17-18,33H,7-11,15-16H2,1-2H3,(H,38,39)/t17-,18+/m1/s1. The number of nitrogens with one attached hydrogen (secondary N) is 1. The number of amides is 1. The van der Waals surface area contributed by atoms with Gasteiger partial charge in [-0.05, 0) is 42.7 Å². The molecule has 12 heteroatoms. The number of nitrogens with zero attached hydrogens (tertiary/aromatic N) is 5. The predicted octanol–water partition coefficient (Wildman–Crippen LogP) is 4.65. The fourth-order valence-electron chi connectivity index (χ4n) is 5.44. The summed E-state index contributed by atoms with van der Waals surface area (Å²) < 4.78 is 50.8. The zero-order valence-corrected chi connectivity index (χ0v) is 22.3. The zero-order valence-electron chi connectivity index (χ0n) is 22.3. The fraction of sp³-hybridized carbons (Fsp3) is 0.393. The van der Waals surface area contributed by atoms with E-state index >= 15 is 8.78 Å². The molecule has 40 heavy (non-hydrogen) atoms. The van der Waals surface area contributed by atoms with Gasteiger partial charge >= 0.3 is 6.09 Å². The van der Waals surface area contributed by atoms with Gasteiger partial charge in [0.2, 0.25) is 0 Å². The fourth-order valence-corrected chi connectivity index (χ4v) is 5.44. The van der Waals surface area contributed by atoms with Crippen molar-refractivity contribution >= 4 is 29.0 Å². The van der Waals surface area contributed by atoms with Crippen LogP contribution < -0.4 is 20.0 Å². The lowest BCUT2D eigenvalue weighted by Crippen LogP contribution is -2.50.